The lowest BCUT2D eigenvalue weighted by Gasteiger charge is -2.34. The molecule has 1 atom stereocenters. The van der Waals surface area contributed by atoms with E-state index < -0.39 is 0 Å². The Morgan fingerprint density at radius 1 is 1.47 bits per heavy atom. The van der Waals surface area contributed by atoms with Crippen molar-refractivity contribution in [1.29, 1.82) is 0 Å². The Morgan fingerprint density at radius 3 is 2.95 bits per heavy atom. The molecule has 0 spiro atoms. The molecule has 2 heterocycles. The van der Waals surface area contributed by atoms with E-state index in [2.05, 4.69) is 27.1 Å². The van der Waals surface area contributed by atoms with Crippen LogP contribution >= 0.6 is 11.6 Å². The Morgan fingerprint density at radius 2 is 2.32 bits per heavy atom. The van der Waals surface area contributed by atoms with Gasteiger partial charge in [-0.05, 0) is 45.3 Å². The molecule has 1 N–H and O–H groups in total. The Bertz CT molecular complexity index is 384. The molecule has 0 aliphatic carbocycles. The maximum atomic E-state index is 6.01. The minimum Gasteiger partial charge on any atom is -0.315 e. The van der Waals surface area contributed by atoms with E-state index in [9.17, 15) is 0 Å². The summed E-state index contributed by atoms with van der Waals surface area (Å²) in [7, 11) is 0. The molecule has 1 aromatic heterocycles. The van der Waals surface area contributed by atoms with E-state index in [-0.39, 0.29) is 0 Å². The molecule has 0 saturated carbocycles. The molecule has 2 rings (SSSR count). The van der Waals surface area contributed by atoms with Crippen molar-refractivity contribution in [1.82, 2.24) is 20.2 Å². The number of hydrogen-bond donors (Lipinski definition) is 1. The van der Waals surface area contributed by atoms with Crippen molar-refractivity contribution in [3.63, 3.8) is 0 Å². The van der Waals surface area contributed by atoms with Gasteiger partial charge in [0.1, 0.15) is 11.0 Å². The number of piperidine rings is 1. The lowest BCUT2D eigenvalue weighted by atomic mass is 10.1. The molecule has 0 amide bonds. The number of nitrogens with one attached hydrogen (secondary N) is 1. The summed E-state index contributed by atoms with van der Waals surface area (Å²) in [6.07, 6.45) is 3.66. The summed E-state index contributed by atoms with van der Waals surface area (Å²) in [6, 6.07) is 2.40. The van der Waals surface area contributed by atoms with Gasteiger partial charge in [0.05, 0.1) is 6.54 Å². The molecular formula is C14H23ClN4. The van der Waals surface area contributed by atoms with Crippen LogP contribution in [0.15, 0.2) is 6.07 Å². The normalized spacial score (nSPS) is 19.9. The monoisotopic (exact) mass is 282 g/mol. The number of aromatic nitrogens is 2. The van der Waals surface area contributed by atoms with Gasteiger partial charge in [0, 0.05) is 18.3 Å². The summed E-state index contributed by atoms with van der Waals surface area (Å²) >= 11 is 6.01. The molecule has 1 saturated heterocycles. The van der Waals surface area contributed by atoms with E-state index in [4.69, 9.17) is 11.6 Å². The van der Waals surface area contributed by atoms with E-state index in [1.54, 1.807) is 6.07 Å². The molecule has 1 aliphatic heterocycles. The van der Waals surface area contributed by atoms with Crippen molar-refractivity contribution in [3.05, 3.63) is 22.7 Å². The third-order valence-electron chi connectivity index (χ3n) is 3.51. The summed E-state index contributed by atoms with van der Waals surface area (Å²) in [5.41, 5.74) is 0.938. The summed E-state index contributed by atoms with van der Waals surface area (Å²) in [4.78, 5) is 11.3. The van der Waals surface area contributed by atoms with Crippen molar-refractivity contribution in [2.75, 3.05) is 19.6 Å². The first-order valence-corrected chi connectivity index (χ1v) is 7.51. The summed E-state index contributed by atoms with van der Waals surface area (Å²) < 4.78 is 0. The highest BCUT2D eigenvalue weighted by molar-refractivity contribution is 6.29. The second kappa shape index (κ2) is 7.17. The minimum atomic E-state index is 0.542. The molecule has 19 heavy (non-hydrogen) atoms. The van der Waals surface area contributed by atoms with Crippen LogP contribution in [-0.2, 0) is 6.54 Å². The largest absolute Gasteiger partial charge is 0.315 e. The van der Waals surface area contributed by atoms with Gasteiger partial charge in [-0.2, -0.15) is 0 Å². The standard InChI is InChI=1S/C14H23ClN4/c1-3-7-19(12-5-4-6-16-9-12)10-14-17-11(2)8-13(15)18-14/h8,12,16H,3-7,9-10H2,1-2H3. The van der Waals surface area contributed by atoms with E-state index in [1.165, 1.54) is 12.8 Å². The van der Waals surface area contributed by atoms with Gasteiger partial charge >= 0.3 is 0 Å². The Labute approximate surface area is 120 Å². The van der Waals surface area contributed by atoms with Gasteiger partial charge in [-0.15, -0.1) is 0 Å². The van der Waals surface area contributed by atoms with Gasteiger partial charge in [0.15, 0.2) is 0 Å². The molecule has 0 radical (unpaired) electrons. The number of hydrogen-bond acceptors (Lipinski definition) is 4. The van der Waals surface area contributed by atoms with Gasteiger partial charge in [0.2, 0.25) is 0 Å². The summed E-state index contributed by atoms with van der Waals surface area (Å²) in [6.45, 7) is 8.27. The molecule has 1 aromatic rings. The van der Waals surface area contributed by atoms with Gasteiger partial charge in [-0.3, -0.25) is 4.90 Å². The Balaban J connectivity index is 2.06. The summed E-state index contributed by atoms with van der Waals surface area (Å²) in [5.74, 6) is 0.837. The average Bonchev–Trinajstić information content (AvgIpc) is 2.38. The predicted molar refractivity (Wildman–Crippen MR) is 78.4 cm³/mol. The van der Waals surface area contributed by atoms with Gasteiger partial charge < -0.3 is 5.32 Å². The SMILES string of the molecule is CCCN(Cc1nc(C)cc(Cl)n1)C1CCCNC1. The summed E-state index contributed by atoms with van der Waals surface area (Å²) in [5, 5.41) is 4.02. The van der Waals surface area contributed by atoms with E-state index in [0.717, 1.165) is 44.1 Å². The average molecular weight is 283 g/mol. The van der Waals surface area contributed by atoms with Crippen molar-refractivity contribution in [2.45, 2.75) is 45.7 Å². The lowest BCUT2D eigenvalue weighted by Crippen LogP contribution is -2.46. The van der Waals surface area contributed by atoms with Crippen LogP contribution in [0.4, 0.5) is 0 Å². The minimum absolute atomic E-state index is 0.542. The van der Waals surface area contributed by atoms with Crippen LogP contribution in [0.1, 0.15) is 37.7 Å². The van der Waals surface area contributed by atoms with Crippen molar-refractivity contribution in [3.8, 4) is 0 Å². The van der Waals surface area contributed by atoms with Gasteiger partial charge in [-0.1, -0.05) is 18.5 Å². The van der Waals surface area contributed by atoms with Gasteiger partial charge in [-0.25, -0.2) is 9.97 Å². The van der Waals surface area contributed by atoms with Crippen LogP contribution in [0.3, 0.4) is 0 Å². The van der Waals surface area contributed by atoms with E-state index in [0.29, 0.717) is 11.2 Å². The molecule has 1 unspecified atom stereocenters. The first-order chi connectivity index (χ1) is 9.19. The number of rotatable bonds is 5. The zero-order valence-electron chi connectivity index (χ0n) is 11.8. The zero-order valence-corrected chi connectivity index (χ0v) is 12.6. The molecular weight excluding hydrogens is 260 g/mol. The first kappa shape index (κ1) is 14.7. The molecule has 0 aromatic carbocycles. The van der Waals surface area contributed by atoms with E-state index >= 15 is 0 Å². The smallest absolute Gasteiger partial charge is 0.144 e. The number of aryl methyl sites for hydroxylation is 1. The van der Waals surface area contributed by atoms with Crippen LogP contribution in [0.2, 0.25) is 5.15 Å². The van der Waals surface area contributed by atoms with Crippen molar-refractivity contribution >= 4 is 11.6 Å². The lowest BCUT2D eigenvalue weighted by molar-refractivity contribution is 0.154. The van der Waals surface area contributed by atoms with Crippen LogP contribution in [0, 0.1) is 6.92 Å². The molecule has 0 bridgehead atoms. The Hall–Kier alpha value is -0.710. The zero-order chi connectivity index (χ0) is 13.7. The highest BCUT2D eigenvalue weighted by Gasteiger charge is 2.21. The first-order valence-electron chi connectivity index (χ1n) is 7.14. The second-order valence-corrected chi connectivity index (χ2v) is 5.61. The van der Waals surface area contributed by atoms with Crippen LogP contribution in [-0.4, -0.2) is 40.5 Å². The van der Waals surface area contributed by atoms with Gasteiger partial charge in [0.25, 0.3) is 0 Å². The fourth-order valence-electron chi connectivity index (χ4n) is 2.66. The fourth-order valence-corrected chi connectivity index (χ4v) is 2.92. The number of nitrogens with zero attached hydrogens (tertiary/aromatic N) is 3. The maximum absolute atomic E-state index is 6.01. The third kappa shape index (κ3) is 4.41. The third-order valence-corrected chi connectivity index (χ3v) is 3.71. The predicted octanol–water partition coefficient (Wildman–Crippen LogP) is 2.40. The molecule has 106 valence electrons. The highest BCUT2D eigenvalue weighted by Crippen LogP contribution is 2.15. The molecule has 1 aliphatic rings. The molecule has 4 nitrogen and oxygen atoms in total. The quantitative estimate of drug-likeness (QED) is 0.842. The van der Waals surface area contributed by atoms with E-state index in [1.807, 2.05) is 6.92 Å². The highest BCUT2D eigenvalue weighted by atomic mass is 35.5. The fraction of sp³-hybridized carbons (Fsp3) is 0.714. The topological polar surface area (TPSA) is 41.1 Å². The number of halogens is 1. The van der Waals surface area contributed by atoms with Crippen molar-refractivity contribution in [2.24, 2.45) is 0 Å². The Kier molecular flexibility index (Phi) is 5.55. The van der Waals surface area contributed by atoms with Crippen molar-refractivity contribution < 1.29 is 0 Å². The molecule has 1 fully saturated rings. The van der Waals surface area contributed by atoms with Crippen LogP contribution in [0.5, 0.6) is 0 Å². The van der Waals surface area contributed by atoms with Crippen LogP contribution in [0.25, 0.3) is 0 Å². The molecule has 5 heteroatoms. The maximum Gasteiger partial charge on any atom is 0.144 e. The second-order valence-electron chi connectivity index (χ2n) is 5.22. The van der Waals surface area contributed by atoms with Crippen LogP contribution < -0.4 is 5.32 Å².